The fourth-order valence-corrected chi connectivity index (χ4v) is 1.81. The molecule has 0 saturated carbocycles. The third-order valence-electron chi connectivity index (χ3n) is 2.80. The zero-order valence-corrected chi connectivity index (χ0v) is 14.9. The summed E-state index contributed by atoms with van der Waals surface area (Å²) in [5.41, 5.74) is 3.08. The van der Waals surface area contributed by atoms with E-state index in [2.05, 4.69) is 9.98 Å². The van der Waals surface area contributed by atoms with E-state index < -0.39 is 5.97 Å². The summed E-state index contributed by atoms with van der Waals surface area (Å²) >= 11 is 0. The van der Waals surface area contributed by atoms with E-state index in [-0.39, 0.29) is 35.3 Å². The third-order valence-corrected chi connectivity index (χ3v) is 2.80. The summed E-state index contributed by atoms with van der Waals surface area (Å²) in [4.78, 5) is 19.3. The van der Waals surface area contributed by atoms with Gasteiger partial charge in [0.25, 0.3) is 0 Å². The van der Waals surface area contributed by atoms with E-state index in [1.165, 1.54) is 6.21 Å². The smallest absolute Gasteiger partial charge is 0.543 e. The van der Waals surface area contributed by atoms with Gasteiger partial charge in [-0.3, -0.25) is 4.99 Å². The van der Waals surface area contributed by atoms with E-state index in [4.69, 9.17) is 0 Å². The zero-order valence-electron chi connectivity index (χ0n) is 12.9. The first kappa shape index (κ1) is 18.3. The van der Waals surface area contributed by atoms with Gasteiger partial charge in [-0.05, 0) is 49.2 Å². The van der Waals surface area contributed by atoms with Crippen molar-refractivity contribution >= 4 is 29.3 Å². The first-order chi connectivity index (χ1) is 10.0. The summed E-state index contributed by atoms with van der Waals surface area (Å²) in [6.07, 6.45) is 1.21. The quantitative estimate of drug-likeness (QED) is 0.566. The van der Waals surface area contributed by atoms with Gasteiger partial charge >= 0.3 is 29.6 Å². The van der Waals surface area contributed by atoms with Crippen LogP contribution in [-0.2, 0) is 4.79 Å². The summed E-state index contributed by atoms with van der Waals surface area (Å²) in [6, 6.07) is 14.7. The minimum Gasteiger partial charge on any atom is -0.543 e. The second-order valence-electron chi connectivity index (χ2n) is 4.72. The van der Waals surface area contributed by atoms with E-state index in [0.717, 1.165) is 11.1 Å². The molecule has 2 aromatic carbocycles. The second-order valence-corrected chi connectivity index (χ2v) is 4.72. The van der Waals surface area contributed by atoms with Crippen molar-refractivity contribution in [2.75, 3.05) is 0 Å². The van der Waals surface area contributed by atoms with E-state index in [1.54, 1.807) is 18.2 Å². The molecule has 2 aromatic rings. The van der Waals surface area contributed by atoms with Gasteiger partial charge in [-0.25, -0.2) is 4.99 Å². The molecule has 0 aliphatic heterocycles. The molecular weight excluding hydrogens is 287 g/mol. The van der Waals surface area contributed by atoms with Gasteiger partial charge in [0, 0.05) is 0 Å². The molecule has 0 aliphatic rings. The Labute approximate surface area is 151 Å². The Morgan fingerprint density at radius 2 is 1.55 bits per heavy atom. The summed E-state index contributed by atoms with van der Waals surface area (Å²) < 4.78 is 0. The van der Waals surface area contributed by atoms with Crippen molar-refractivity contribution < 1.29 is 39.5 Å². The maximum absolute atomic E-state index is 11.1. The monoisotopic (exact) mass is 302 g/mol. The average molecular weight is 302 g/mol. The van der Waals surface area contributed by atoms with Crippen molar-refractivity contribution in [2.45, 2.75) is 13.8 Å². The third kappa shape index (κ3) is 5.56. The number of hydrogen-bond donors (Lipinski definition) is 0. The summed E-state index contributed by atoms with van der Waals surface area (Å²) in [5.74, 6) is -1.35. The van der Waals surface area contributed by atoms with Crippen molar-refractivity contribution in [3.05, 3.63) is 59.7 Å². The van der Waals surface area contributed by atoms with E-state index in [9.17, 15) is 9.90 Å². The Morgan fingerprint density at radius 1 is 1.00 bits per heavy atom. The van der Waals surface area contributed by atoms with Crippen LogP contribution in [0.15, 0.2) is 58.5 Å². The molecule has 0 unspecified atom stereocenters. The Kier molecular flexibility index (Phi) is 7.18. The number of carboxylic acids is 1. The van der Waals surface area contributed by atoms with Crippen molar-refractivity contribution in [3.63, 3.8) is 0 Å². The molecule has 0 radical (unpaired) electrons. The first-order valence-electron chi connectivity index (χ1n) is 6.52. The predicted molar refractivity (Wildman–Crippen MR) is 82.6 cm³/mol. The van der Waals surface area contributed by atoms with Gasteiger partial charge in [0.2, 0.25) is 0 Å². The average Bonchev–Trinajstić information content (AvgIpc) is 2.43. The SMILES string of the molecule is Cc1cccc(/N=C(/C=N/c2cccc(C)c2)C(=O)[O-])c1.[Na+]. The van der Waals surface area contributed by atoms with Crippen LogP contribution < -0.4 is 34.7 Å². The zero-order chi connectivity index (χ0) is 15.2. The Balaban J connectivity index is 0.00000242. The minimum atomic E-state index is -1.35. The standard InChI is InChI=1S/C17H16N2O2.Na/c1-12-5-3-7-14(9-12)18-11-16(17(20)21)19-15-8-4-6-13(2)10-15;/h3-11H,1-2H3,(H,20,21);/q;+1/p-1/b18-11+,19-16-;. The topological polar surface area (TPSA) is 64.8 Å². The van der Waals surface area contributed by atoms with Gasteiger partial charge in [-0.1, -0.05) is 24.3 Å². The molecule has 5 heteroatoms. The van der Waals surface area contributed by atoms with Gasteiger partial charge < -0.3 is 9.90 Å². The number of benzene rings is 2. The number of hydrogen-bond acceptors (Lipinski definition) is 4. The molecule has 0 N–H and O–H groups in total. The van der Waals surface area contributed by atoms with Crippen molar-refractivity contribution in [2.24, 2.45) is 9.98 Å². The molecule has 4 nitrogen and oxygen atoms in total. The van der Waals surface area contributed by atoms with Crippen LogP contribution in [0.5, 0.6) is 0 Å². The largest absolute Gasteiger partial charge is 1.00 e. The van der Waals surface area contributed by atoms with Gasteiger partial charge in [-0.15, -0.1) is 0 Å². The summed E-state index contributed by atoms with van der Waals surface area (Å²) in [6.45, 7) is 3.86. The van der Waals surface area contributed by atoms with E-state index in [1.807, 2.05) is 44.2 Å². The second kappa shape index (κ2) is 8.63. The maximum atomic E-state index is 11.1. The Bertz CT molecular complexity index is 724. The maximum Gasteiger partial charge on any atom is 1.00 e. The molecule has 0 amide bonds. The molecule has 0 aromatic heterocycles. The molecule has 0 atom stereocenters. The van der Waals surface area contributed by atoms with E-state index in [0.29, 0.717) is 11.4 Å². The fourth-order valence-electron chi connectivity index (χ4n) is 1.81. The molecule has 0 spiro atoms. The minimum absolute atomic E-state index is 0. The molecule has 0 bridgehead atoms. The first-order valence-corrected chi connectivity index (χ1v) is 6.52. The fraction of sp³-hybridized carbons (Fsp3) is 0.118. The number of carbonyl (C=O) groups excluding carboxylic acids is 1. The van der Waals surface area contributed by atoms with Crippen molar-refractivity contribution in [1.82, 2.24) is 0 Å². The van der Waals surface area contributed by atoms with Crippen LogP contribution in [0.1, 0.15) is 11.1 Å². The number of carbonyl (C=O) groups is 1. The van der Waals surface area contributed by atoms with Gasteiger partial charge in [0.1, 0.15) is 5.71 Å². The molecule has 0 saturated heterocycles. The molecule has 0 aliphatic carbocycles. The Hall–Kier alpha value is -1.75. The molecule has 2 rings (SSSR count). The molecule has 0 heterocycles. The van der Waals surface area contributed by atoms with Crippen LogP contribution in [0, 0.1) is 13.8 Å². The number of aliphatic imine (C=N–C) groups is 2. The number of carboxylic acid groups (broad SMARTS) is 1. The molecule has 106 valence electrons. The van der Waals surface area contributed by atoms with Gasteiger partial charge in [-0.2, -0.15) is 0 Å². The van der Waals surface area contributed by atoms with Crippen LogP contribution in [0.4, 0.5) is 11.4 Å². The molecule has 0 fully saturated rings. The number of rotatable bonds is 4. The number of nitrogens with zero attached hydrogens (tertiary/aromatic N) is 2. The number of aliphatic carboxylic acids is 1. The van der Waals surface area contributed by atoms with Crippen LogP contribution in [0.25, 0.3) is 0 Å². The summed E-state index contributed by atoms with van der Waals surface area (Å²) in [5, 5.41) is 11.1. The summed E-state index contributed by atoms with van der Waals surface area (Å²) in [7, 11) is 0. The van der Waals surface area contributed by atoms with Crippen LogP contribution in [0.2, 0.25) is 0 Å². The van der Waals surface area contributed by atoms with Crippen LogP contribution >= 0.6 is 0 Å². The van der Waals surface area contributed by atoms with E-state index >= 15 is 0 Å². The number of aryl methyl sites for hydroxylation is 2. The molecular formula is C17H15N2NaO2. The Morgan fingerprint density at radius 3 is 2.09 bits per heavy atom. The van der Waals surface area contributed by atoms with Crippen molar-refractivity contribution in [1.29, 1.82) is 0 Å². The van der Waals surface area contributed by atoms with Crippen molar-refractivity contribution in [3.8, 4) is 0 Å². The molecule has 22 heavy (non-hydrogen) atoms. The van der Waals surface area contributed by atoms with Gasteiger partial charge in [0.15, 0.2) is 0 Å². The van der Waals surface area contributed by atoms with Crippen LogP contribution in [-0.4, -0.2) is 17.9 Å². The predicted octanol–water partition coefficient (Wildman–Crippen LogP) is -0.468. The van der Waals surface area contributed by atoms with Crippen LogP contribution in [0.3, 0.4) is 0 Å². The normalized spacial score (nSPS) is 11.3. The van der Waals surface area contributed by atoms with Gasteiger partial charge in [0.05, 0.1) is 23.6 Å².